The molecule has 4 saturated carbocycles. The number of carbonyl (C=O) groups excluding carboxylic acids is 1. The van der Waals surface area contributed by atoms with Gasteiger partial charge in [0, 0.05) is 10.8 Å². The molecule has 27 heavy (non-hydrogen) atoms. The van der Waals surface area contributed by atoms with E-state index in [1.54, 1.807) is 0 Å². The summed E-state index contributed by atoms with van der Waals surface area (Å²) in [4.78, 5) is 12.0. The molecule has 0 heterocycles. The second kappa shape index (κ2) is 7.32. The zero-order valence-electron chi connectivity index (χ0n) is 15.3. The van der Waals surface area contributed by atoms with Crippen LogP contribution < -0.4 is 5.32 Å². The topological polar surface area (TPSA) is 38.3 Å². The van der Waals surface area contributed by atoms with Crippen LogP contribution in [0.25, 0.3) is 0 Å². The predicted molar refractivity (Wildman–Crippen MR) is 108 cm³/mol. The highest BCUT2D eigenvalue weighted by atomic mass is 35.5. The van der Waals surface area contributed by atoms with Crippen LogP contribution in [0.3, 0.4) is 0 Å². The first kappa shape index (κ1) is 19.1. The summed E-state index contributed by atoms with van der Waals surface area (Å²) >= 11 is 14.2. The van der Waals surface area contributed by atoms with Crippen molar-refractivity contribution in [3.8, 4) is 12.3 Å². The summed E-state index contributed by atoms with van der Waals surface area (Å²) in [5.74, 6) is 3.43. The highest BCUT2D eigenvalue weighted by Crippen LogP contribution is 2.66. The highest BCUT2D eigenvalue weighted by Gasteiger charge is 2.63. The summed E-state index contributed by atoms with van der Waals surface area (Å²) in [6, 6.07) is 9.98. The van der Waals surface area contributed by atoms with Gasteiger partial charge in [0.15, 0.2) is 0 Å². The van der Waals surface area contributed by atoms with Crippen LogP contribution in [0.15, 0.2) is 30.3 Å². The molecule has 4 bridgehead atoms. The smallest absolute Gasteiger partial charge is 0.246 e. The molecular weight excluding hydrogens is 381 g/mol. The van der Waals surface area contributed by atoms with Gasteiger partial charge in [0.25, 0.3) is 0 Å². The van der Waals surface area contributed by atoms with Gasteiger partial charge in [-0.2, -0.15) is 0 Å². The second-order valence-corrected chi connectivity index (χ2v) is 10.1. The normalized spacial score (nSPS) is 37.6. The molecule has 3 nitrogen and oxygen atoms in total. The largest absolute Gasteiger partial charge is 0.359 e. The Morgan fingerprint density at radius 3 is 2.74 bits per heavy atom. The van der Waals surface area contributed by atoms with Crippen LogP contribution in [0.1, 0.15) is 43.7 Å². The molecule has 4 fully saturated rings. The van der Waals surface area contributed by atoms with Crippen molar-refractivity contribution in [1.82, 2.24) is 5.32 Å². The van der Waals surface area contributed by atoms with Crippen LogP contribution in [0, 0.1) is 30.1 Å². The Morgan fingerprint density at radius 1 is 1.30 bits per heavy atom. The van der Waals surface area contributed by atoms with E-state index in [0.717, 1.165) is 37.7 Å². The first-order valence-electron chi connectivity index (χ1n) is 9.66. The third-order valence-electron chi connectivity index (χ3n) is 6.52. The van der Waals surface area contributed by atoms with E-state index in [1.165, 1.54) is 0 Å². The molecule has 6 atom stereocenters. The molecule has 4 aliphatic carbocycles. The fourth-order valence-corrected chi connectivity index (χ4v) is 7.52. The van der Waals surface area contributed by atoms with Crippen molar-refractivity contribution in [2.24, 2.45) is 17.8 Å². The summed E-state index contributed by atoms with van der Waals surface area (Å²) in [6.45, 7) is 0.0909. The quantitative estimate of drug-likeness (QED) is 0.435. The zero-order valence-corrected chi connectivity index (χ0v) is 16.8. The number of ether oxygens (including phenoxy) is 1. The maximum absolute atomic E-state index is 12.5. The molecular formula is C22H25Cl2NO2. The van der Waals surface area contributed by atoms with E-state index in [1.807, 2.05) is 18.2 Å². The van der Waals surface area contributed by atoms with Gasteiger partial charge in [-0.1, -0.05) is 36.3 Å². The summed E-state index contributed by atoms with van der Waals surface area (Å²) in [5.41, 5.74) is 1.09. The van der Waals surface area contributed by atoms with Gasteiger partial charge in [-0.05, 0) is 49.5 Å². The van der Waals surface area contributed by atoms with Crippen molar-refractivity contribution < 1.29 is 9.53 Å². The lowest BCUT2D eigenvalue weighted by atomic mass is 9.49. The minimum Gasteiger partial charge on any atom is -0.359 e. The van der Waals surface area contributed by atoms with E-state index in [9.17, 15) is 4.79 Å². The fraction of sp³-hybridized carbons (Fsp3) is 0.591. The lowest BCUT2D eigenvalue weighted by Gasteiger charge is -2.63. The third kappa shape index (κ3) is 3.73. The lowest BCUT2D eigenvalue weighted by Crippen LogP contribution is -2.62. The number of hydrogen-bond donors (Lipinski definition) is 1. The molecule has 1 aromatic carbocycles. The summed E-state index contributed by atoms with van der Waals surface area (Å²) in [5, 5.41) is 3.20. The number of halogens is 2. The molecule has 1 unspecified atom stereocenters. The maximum Gasteiger partial charge on any atom is 0.246 e. The first-order valence-corrected chi connectivity index (χ1v) is 10.4. The van der Waals surface area contributed by atoms with Crippen LogP contribution in [-0.4, -0.2) is 28.9 Å². The molecule has 5 heteroatoms. The van der Waals surface area contributed by atoms with E-state index in [4.69, 9.17) is 34.4 Å². The van der Waals surface area contributed by atoms with E-state index in [2.05, 4.69) is 23.4 Å². The van der Waals surface area contributed by atoms with Gasteiger partial charge in [0.1, 0.15) is 13.2 Å². The van der Waals surface area contributed by atoms with Crippen LogP contribution in [0.4, 0.5) is 0 Å². The van der Waals surface area contributed by atoms with E-state index in [-0.39, 0.29) is 40.8 Å². The van der Waals surface area contributed by atoms with E-state index < -0.39 is 0 Å². The van der Waals surface area contributed by atoms with Crippen molar-refractivity contribution >= 4 is 29.1 Å². The number of amides is 1. The molecule has 0 spiro atoms. The Kier molecular flexibility index (Phi) is 5.18. The Bertz CT molecular complexity index is 748. The molecule has 5 rings (SSSR count). The average Bonchev–Trinajstić information content (AvgIpc) is 2.59. The number of nitrogens with one attached hydrogen (secondary N) is 1. The monoisotopic (exact) mass is 405 g/mol. The molecule has 0 radical (unpaired) electrons. The van der Waals surface area contributed by atoms with Gasteiger partial charge in [0.05, 0.1) is 10.9 Å². The molecule has 1 N–H and O–H groups in total. The number of hydrogen-bond acceptors (Lipinski definition) is 2. The van der Waals surface area contributed by atoms with Gasteiger partial charge in [-0.3, -0.25) is 4.79 Å². The summed E-state index contributed by atoms with van der Waals surface area (Å²) in [7, 11) is 0. The Balaban J connectivity index is 1.61. The van der Waals surface area contributed by atoms with Crippen molar-refractivity contribution in [2.75, 3.05) is 13.2 Å². The standard InChI is InChI=1S/C22H25Cl2NO2/c1-2-8-27-13-18(26)25-20(16-6-4-3-5-7-16)19-17-9-15-10-21(23,12-17)14-22(19,24)11-15/h1,3-7,15,17,19-20H,8-14H2,(H,25,26)/t15-,17?,19+,20-,21-,22-/m0/s1. The number of benzene rings is 1. The molecule has 1 aromatic rings. The van der Waals surface area contributed by atoms with Crippen LogP contribution in [-0.2, 0) is 9.53 Å². The summed E-state index contributed by atoms with van der Waals surface area (Å²) < 4.78 is 5.23. The average molecular weight is 406 g/mol. The zero-order chi connectivity index (χ0) is 19.1. The fourth-order valence-electron chi connectivity index (χ4n) is 6.02. The van der Waals surface area contributed by atoms with Gasteiger partial charge in [-0.25, -0.2) is 0 Å². The molecule has 4 aliphatic rings. The number of rotatable bonds is 6. The SMILES string of the molecule is C#CCOCC(=O)N[C@@H](c1ccccc1)[C@H]1C2C[C@H]3C[C@](Cl)(C2)C[C@@]1(Cl)C3. The molecule has 144 valence electrons. The molecule has 0 aliphatic heterocycles. The van der Waals surface area contributed by atoms with Crippen molar-refractivity contribution in [3.63, 3.8) is 0 Å². The summed E-state index contributed by atoms with van der Waals surface area (Å²) in [6.07, 6.45) is 10.2. The first-order chi connectivity index (χ1) is 12.9. The van der Waals surface area contributed by atoms with Crippen LogP contribution >= 0.6 is 23.2 Å². The van der Waals surface area contributed by atoms with E-state index >= 15 is 0 Å². The highest BCUT2D eigenvalue weighted by molar-refractivity contribution is 6.28. The number of alkyl halides is 2. The second-order valence-electron chi connectivity index (χ2n) is 8.52. The molecule has 0 saturated heterocycles. The third-order valence-corrected chi connectivity index (χ3v) is 7.50. The van der Waals surface area contributed by atoms with Crippen LogP contribution in [0.5, 0.6) is 0 Å². The Labute approximate surface area is 171 Å². The van der Waals surface area contributed by atoms with Gasteiger partial charge < -0.3 is 10.1 Å². The molecule has 0 aromatic heterocycles. The predicted octanol–water partition coefficient (Wildman–Crippen LogP) is 4.29. The lowest BCUT2D eigenvalue weighted by molar-refractivity contribution is -0.127. The van der Waals surface area contributed by atoms with Crippen molar-refractivity contribution in [1.29, 1.82) is 0 Å². The van der Waals surface area contributed by atoms with Gasteiger partial charge in [-0.15, -0.1) is 29.6 Å². The minimum atomic E-state index is -0.362. The van der Waals surface area contributed by atoms with Crippen molar-refractivity contribution in [3.05, 3.63) is 35.9 Å². The Morgan fingerprint density at radius 2 is 2.07 bits per heavy atom. The number of terminal acetylenes is 1. The molecule has 1 amide bonds. The van der Waals surface area contributed by atoms with Gasteiger partial charge >= 0.3 is 0 Å². The minimum absolute atomic E-state index is 0.0394. The Hall–Kier alpha value is -1.21. The van der Waals surface area contributed by atoms with Crippen LogP contribution in [0.2, 0.25) is 0 Å². The van der Waals surface area contributed by atoms with Gasteiger partial charge in [0.2, 0.25) is 5.91 Å². The van der Waals surface area contributed by atoms with Crippen molar-refractivity contribution in [2.45, 2.75) is 47.9 Å². The van der Waals surface area contributed by atoms with E-state index in [0.29, 0.717) is 11.8 Å². The number of carbonyl (C=O) groups is 1. The maximum atomic E-state index is 12.5.